The maximum Gasteiger partial charge on any atom is 0.154 e. The fourth-order valence-electron chi connectivity index (χ4n) is 3.20. The van der Waals surface area contributed by atoms with E-state index in [1.54, 1.807) is 0 Å². The zero-order valence-corrected chi connectivity index (χ0v) is 12.6. The van der Waals surface area contributed by atoms with Gasteiger partial charge >= 0.3 is 0 Å². The predicted molar refractivity (Wildman–Crippen MR) is 78.8 cm³/mol. The van der Waals surface area contributed by atoms with Gasteiger partial charge < -0.3 is 10.1 Å². The first kappa shape index (κ1) is 13.9. The van der Waals surface area contributed by atoms with Crippen LogP contribution in [0.3, 0.4) is 0 Å². The molecule has 1 aromatic rings. The van der Waals surface area contributed by atoms with Crippen LogP contribution in [0.4, 0.5) is 0 Å². The Morgan fingerprint density at radius 2 is 2.20 bits per heavy atom. The van der Waals surface area contributed by atoms with E-state index in [4.69, 9.17) is 4.74 Å². The zero-order chi connectivity index (χ0) is 14.2. The van der Waals surface area contributed by atoms with E-state index in [0.29, 0.717) is 12.2 Å². The molecule has 2 aliphatic heterocycles. The maximum atomic E-state index is 11.9. The molecule has 4 nitrogen and oxygen atoms in total. The van der Waals surface area contributed by atoms with Gasteiger partial charge in [-0.2, -0.15) is 0 Å². The first-order valence-corrected chi connectivity index (χ1v) is 9.01. The first-order valence-electron chi connectivity index (χ1n) is 7.18. The Bertz CT molecular complexity index is 612. The molecule has 1 unspecified atom stereocenters. The van der Waals surface area contributed by atoms with Crippen LogP contribution in [0.15, 0.2) is 18.2 Å². The normalized spacial score (nSPS) is 28.6. The molecule has 5 heteroatoms. The topological polar surface area (TPSA) is 55.4 Å². The molecule has 1 atom stereocenters. The Labute approximate surface area is 120 Å². The standard InChI is InChI=1S/C15H21NO3S/c1-15(7-3-9-20(17,18)11-15)19-14-5-2-4-12-6-8-16-10-13(12)14/h2,4-5,16H,3,6-11H2,1H3. The number of hydrogen-bond donors (Lipinski definition) is 1. The van der Waals surface area contributed by atoms with Gasteiger partial charge in [0.15, 0.2) is 9.84 Å². The second-order valence-corrected chi connectivity index (χ2v) is 8.25. The van der Waals surface area contributed by atoms with Crippen LogP contribution in [0.2, 0.25) is 0 Å². The minimum Gasteiger partial charge on any atom is -0.486 e. The lowest BCUT2D eigenvalue weighted by molar-refractivity contribution is 0.0960. The van der Waals surface area contributed by atoms with Crippen molar-refractivity contribution in [2.24, 2.45) is 0 Å². The third kappa shape index (κ3) is 2.83. The van der Waals surface area contributed by atoms with Gasteiger partial charge in [0.05, 0.1) is 11.5 Å². The number of fused-ring (bicyclic) bond motifs is 1. The van der Waals surface area contributed by atoms with E-state index in [1.165, 1.54) is 11.1 Å². The third-order valence-corrected chi connectivity index (χ3v) is 6.11. The fourth-order valence-corrected chi connectivity index (χ4v) is 5.06. The van der Waals surface area contributed by atoms with Gasteiger partial charge in [-0.3, -0.25) is 0 Å². The van der Waals surface area contributed by atoms with Crippen molar-refractivity contribution in [3.8, 4) is 5.75 Å². The molecule has 20 heavy (non-hydrogen) atoms. The minimum absolute atomic E-state index is 0.122. The number of benzene rings is 1. The molecule has 0 bridgehead atoms. The highest BCUT2D eigenvalue weighted by Gasteiger charge is 2.37. The van der Waals surface area contributed by atoms with Crippen LogP contribution >= 0.6 is 0 Å². The Kier molecular flexibility index (Phi) is 3.50. The highest BCUT2D eigenvalue weighted by atomic mass is 32.2. The summed E-state index contributed by atoms with van der Waals surface area (Å²) in [5.74, 6) is 1.26. The summed E-state index contributed by atoms with van der Waals surface area (Å²) in [6, 6.07) is 6.08. The quantitative estimate of drug-likeness (QED) is 0.902. The van der Waals surface area contributed by atoms with Crippen LogP contribution in [-0.4, -0.2) is 32.1 Å². The lowest BCUT2D eigenvalue weighted by atomic mass is 9.98. The summed E-state index contributed by atoms with van der Waals surface area (Å²) in [4.78, 5) is 0. The molecule has 110 valence electrons. The number of ether oxygens (including phenoxy) is 1. The van der Waals surface area contributed by atoms with E-state index in [2.05, 4.69) is 11.4 Å². The van der Waals surface area contributed by atoms with E-state index in [-0.39, 0.29) is 5.75 Å². The van der Waals surface area contributed by atoms with E-state index in [9.17, 15) is 8.42 Å². The Hall–Kier alpha value is -1.07. The molecule has 2 aliphatic rings. The molecule has 2 heterocycles. The van der Waals surface area contributed by atoms with Gasteiger partial charge in [0.1, 0.15) is 11.4 Å². The van der Waals surface area contributed by atoms with E-state index >= 15 is 0 Å². The van der Waals surface area contributed by atoms with E-state index in [1.807, 2.05) is 19.1 Å². The number of rotatable bonds is 2. The second-order valence-electron chi connectivity index (χ2n) is 6.07. The molecule has 1 N–H and O–H groups in total. The summed E-state index contributed by atoms with van der Waals surface area (Å²) in [5.41, 5.74) is 1.90. The maximum absolute atomic E-state index is 11.9. The van der Waals surface area contributed by atoms with Crippen molar-refractivity contribution in [2.75, 3.05) is 18.1 Å². The molecule has 1 aromatic carbocycles. The average Bonchev–Trinajstić information content (AvgIpc) is 2.37. The SMILES string of the molecule is CC1(Oc2cccc3c2CNCC3)CCCS(=O)(=O)C1. The van der Waals surface area contributed by atoms with Gasteiger partial charge in [-0.15, -0.1) is 0 Å². The molecule has 1 saturated heterocycles. The average molecular weight is 295 g/mol. The number of sulfone groups is 1. The van der Waals surface area contributed by atoms with Crippen molar-refractivity contribution in [2.45, 2.75) is 38.3 Å². The Morgan fingerprint density at radius 3 is 3.00 bits per heavy atom. The third-order valence-electron chi connectivity index (χ3n) is 4.15. The molecule has 0 radical (unpaired) electrons. The van der Waals surface area contributed by atoms with Crippen molar-refractivity contribution in [1.82, 2.24) is 5.32 Å². The molecule has 0 aliphatic carbocycles. The summed E-state index contributed by atoms with van der Waals surface area (Å²) in [6.07, 6.45) is 2.48. The van der Waals surface area contributed by atoms with Gasteiger partial charge in [-0.1, -0.05) is 12.1 Å². The van der Waals surface area contributed by atoms with Crippen LogP contribution in [0.1, 0.15) is 30.9 Å². The number of hydrogen-bond acceptors (Lipinski definition) is 4. The smallest absolute Gasteiger partial charge is 0.154 e. The van der Waals surface area contributed by atoms with Crippen molar-refractivity contribution in [1.29, 1.82) is 0 Å². The van der Waals surface area contributed by atoms with Crippen molar-refractivity contribution in [3.63, 3.8) is 0 Å². The molecule has 0 saturated carbocycles. The second kappa shape index (κ2) is 5.04. The van der Waals surface area contributed by atoms with Crippen molar-refractivity contribution < 1.29 is 13.2 Å². The summed E-state index contributed by atoms with van der Waals surface area (Å²) in [5, 5.41) is 3.35. The minimum atomic E-state index is -2.97. The highest BCUT2D eigenvalue weighted by Crippen LogP contribution is 2.32. The fraction of sp³-hybridized carbons (Fsp3) is 0.600. The molecule has 0 amide bonds. The van der Waals surface area contributed by atoms with Gasteiger partial charge in [0, 0.05) is 12.1 Å². The van der Waals surface area contributed by atoms with E-state index in [0.717, 1.165) is 31.7 Å². The summed E-state index contributed by atoms with van der Waals surface area (Å²) >= 11 is 0. The Balaban J connectivity index is 1.87. The summed E-state index contributed by atoms with van der Waals surface area (Å²) < 4.78 is 29.9. The highest BCUT2D eigenvalue weighted by molar-refractivity contribution is 7.91. The lowest BCUT2D eigenvalue weighted by Crippen LogP contribution is -2.45. The largest absolute Gasteiger partial charge is 0.486 e. The molecule has 0 spiro atoms. The van der Waals surface area contributed by atoms with E-state index < -0.39 is 15.4 Å². The molecular weight excluding hydrogens is 274 g/mol. The van der Waals surface area contributed by atoms with Gasteiger partial charge in [-0.25, -0.2) is 8.42 Å². The molecule has 3 rings (SSSR count). The van der Waals surface area contributed by atoms with Gasteiger partial charge in [-0.05, 0) is 44.4 Å². The van der Waals surface area contributed by atoms with Crippen LogP contribution in [0.25, 0.3) is 0 Å². The lowest BCUT2D eigenvalue weighted by Gasteiger charge is -2.35. The van der Waals surface area contributed by atoms with Gasteiger partial charge in [0.2, 0.25) is 0 Å². The van der Waals surface area contributed by atoms with Crippen LogP contribution in [-0.2, 0) is 22.8 Å². The first-order chi connectivity index (χ1) is 9.48. The van der Waals surface area contributed by atoms with Crippen molar-refractivity contribution >= 4 is 9.84 Å². The molecular formula is C15H21NO3S. The predicted octanol–water partition coefficient (Wildman–Crippen LogP) is 1.68. The van der Waals surface area contributed by atoms with Crippen LogP contribution < -0.4 is 10.1 Å². The number of nitrogens with one attached hydrogen (secondary N) is 1. The summed E-state index contributed by atoms with van der Waals surface area (Å²) in [6.45, 7) is 3.70. The zero-order valence-electron chi connectivity index (χ0n) is 11.8. The van der Waals surface area contributed by atoms with Crippen LogP contribution in [0.5, 0.6) is 5.75 Å². The van der Waals surface area contributed by atoms with Crippen molar-refractivity contribution in [3.05, 3.63) is 29.3 Å². The Morgan fingerprint density at radius 1 is 1.35 bits per heavy atom. The summed E-state index contributed by atoms with van der Waals surface area (Å²) in [7, 11) is -2.97. The molecule has 0 aromatic heterocycles. The van der Waals surface area contributed by atoms with Crippen LogP contribution in [0, 0.1) is 0 Å². The monoisotopic (exact) mass is 295 g/mol. The van der Waals surface area contributed by atoms with Gasteiger partial charge in [0.25, 0.3) is 0 Å². The molecule has 1 fully saturated rings.